The number of nitrogens with one attached hydrogen (secondary N) is 2. The van der Waals surface area contributed by atoms with Crippen LogP contribution in [0.2, 0.25) is 5.02 Å². The Morgan fingerprint density at radius 3 is 2.79 bits per heavy atom. The average Bonchev–Trinajstić information content (AvgIpc) is 3.11. The van der Waals surface area contributed by atoms with Gasteiger partial charge in [-0.2, -0.15) is 0 Å². The van der Waals surface area contributed by atoms with Gasteiger partial charge in [-0.15, -0.1) is 0 Å². The molecule has 0 spiro atoms. The van der Waals surface area contributed by atoms with E-state index in [4.69, 9.17) is 16.3 Å². The number of aromatic nitrogens is 1. The first kappa shape index (κ1) is 20.3. The maximum atomic E-state index is 11.9. The number of nitrogens with zero attached hydrogens (tertiary/aromatic N) is 1. The highest BCUT2D eigenvalue weighted by Gasteiger charge is 2.15. The molecule has 150 valence electrons. The van der Waals surface area contributed by atoms with Crippen molar-refractivity contribution >= 4 is 45.8 Å². The van der Waals surface area contributed by atoms with Crippen molar-refractivity contribution in [1.29, 1.82) is 0 Å². The Kier molecular flexibility index (Phi) is 6.46. The fourth-order valence-corrected chi connectivity index (χ4v) is 3.09. The monoisotopic (exact) mass is 415 g/mol. The number of rotatable bonds is 8. The van der Waals surface area contributed by atoms with Crippen LogP contribution in [0.3, 0.4) is 0 Å². The van der Waals surface area contributed by atoms with Crippen molar-refractivity contribution in [2.45, 2.75) is 19.3 Å². The normalized spacial score (nSPS) is 10.7. The van der Waals surface area contributed by atoms with Crippen LogP contribution in [0.5, 0.6) is 0 Å². The van der Waals surface area contributed by atoms with E-state index in [0.29, 0.717) is 12.8 Å². The van der Waals surface area contributed by atoms with Crippen LogP contribution in [0.15, 0.2) is 48.7 Å². The fourth-order valence-electron chi connectivity index (χ4n) is 2.91. The maximum Gasteiger partial charge on any atom is 0.306 e. The highest BCUT2D eigenvalue weighted by Crippen LogP contribution is 2.27. The molecule has 0 bridgehead atoms. The minimum absolute atomic E-state index is 0.0328. The molecular weight excluding hydrogens is 398 g/mol. The summed E-state index contributed by atoms with van der Waals surface area (Å²) in [6.45, 7) is -0.470. The molecule has 0 atom stereocenters. The van der Waals surface area contributed by atoms with Crippen LogP contribution >= 0.6 is 11.6 Å². The Hall–Kier alpha value is -3.39. The van der Waals surface area contributed by atoms with Gasteiger partial charge in [-0.25, -0.2) is 0 Å². The van der Waals surface area contributed by atoms with E-state index in [1.54, 1.807) is 0 Å². The molecule has 2 aromatic carbocycles. The molecule has 9 heteroatoms. The lowest BCUT2D eigenvalue weighted by Gasteiger charge is -2.07. The number of halogens is 1. The van der Waals surface area contributed by atoms with Crippen LogP contribution in [0.25, 0.3) is 10.9 Å². The zero-order chi connectivity index (χ0) is 20.8. The van der Waals surface area contributed by atoms with E-state index >= 15 is 0 Å². The van der Waals surface area contributed by atoms with Crippen molar-refractivity contribution in [2.24, 2.45) is 0 Å². The first-order chi connectivity index (χ1) is 13.9. The lowest BCUT2D eigenvalue weighted by atomic mass is 10.1. The molecule has 0 unspecified atom stereocenters. The number of nitro benzene ring substituents is 1. The number of esters is 1. The molecule has 0 radical (unpaired) electrons. The number of carbonyl (C=O) groups excluding carboxylic acids is 2. The molecule has 2 N–H and O–H groups in total. The van der Waals surface area contributed by atoms with Crippen molar-refractivity contribution in [1.82, 2.24) is 4.98 Å². The second kappa shape index (κ2) is 9.20. The van der Waals surface area contributed by atoms with Crippen molar-refractivity contribution < 1.29 is 19.2 Å². The van der Waals surface area contributed by atoms with E-state index in [0.717, 1.165) is 22.5 Å². The van der Waals surface area contributed by atoms with Crippen LogP contribution < -0.4 is 5.32 Å². The summed E-state index contributed by atoms with van der Waals surface area (Å²) in [4.78, 5) is 37.2. The van der Waals surface area contributed by atoms with Crippen LogP contribution in [-0.2, 0) is 20.7 Å². The minimum Gasteiger partial charge on any atom is -0.456 e. The van der Waals surface area contributed by atoms with Gasteiger partial charge in [-0.05, 0) is 36.6 Å². The molecule has 1 heterocycles. The van der Waals surface area contributed by atoms with E-state index in [1.165, 1.54) is 12.1 Å². The number of fused-ring (bicyclic) bond motifs is 1. The van der Waals surface area contributed by atoms with Gasteiger partial charge in [0, 0.05) is 35.3 Å². The molecule has 0 fully saturated rings. The third-order valence-electron chi connectivity index (χ3n) is 4.29. The lowest BCUT2D eigenvalue weighted by Crippen LogP contribution is -2.20. The number of para-hydroxylation sites is 1. The number of hydrogen-bond donors (Lipinski definition) is 2. The molecule has 3 aromatic rings. The molecule has 3 rings (SSSR count). The highest BCUT2D eigenvalue weighted by atomic mass is 35.5. The Balaban J connectivity index is 1.43. The summed E-state index contributed by atoms with van der Waals surface area (Å²) in [6.07, 6.45) is 3.40. The highest BCUT2D eigenvalue weighted by molar-refractivity contribution is 6.32. The Labute approximate surface area is 171 Å². The number of hydrogen-bond acceptors (Lipinski definition) is 5. The van der Waals surface area contributed by atoms with Gasteiger partial charge in [-0.1, -0.05) is 29.8 Å². The van der Waals surface area contributed by atoms with Gasteiger partial charge < -0.3 is 15.0 Å². The van der Waals surface area contributed by atoms with Crippen molar-refractivity contribution in [3.63, 3.8) is 0 Å². The maximum absolute atomic E-state index is 11.9. The van der Waals surface area contributed by atoms with Gasteiger partial charge >= 0.3 is 5.97 Å². The van der Waals surface area contributed by atoms with Gasteiger partial charge in [-0.3, -0.25) is 19.7 Å². The summed E-state index contributed by atoms with van der Waals surface area (Å²) in [5, 5.41) is 14.4. The quantitative estimate of drug-likeness (QED) is 0.324. The van der Waals surface area contributed by atoms with Gasteiger partial charge in [0.15, 0.2) is 6.61 Å². The molecule has 0 saturated heterocycles. The first-order valence-corrected chi connectivity index (χ1v) is 9.26. The number of carbonyl (C=O) groups is 2. The van der Waals surface area contributed by atoms with Gasteiger partial charge in [0.1, 0.15) is 5.02 Å². The Morgan fingerprint density at radius 2 is 2.00 bits per heavy atom. The number of H-pyrrole nitrogens is 1. The van der Waals surface area contributed by atoms with E-state index in [-0.39, 0.29) is 22.8 Å². The van der Waals surface area contributed by atoms with Crippen LogP contribution in [0.4, 0.5) is 11.4 Å². The van der Waals surface area contributed by atoms with E-state index < -0.39 is 23.4 Å². The summed E-state index contributed by atoms with van der Waals surface area (Å²) < 4.78 is 4.97. The first-order valence-electron chi connectivity index (χ1n) is 8.88. The predicted molar refractivity (Wildman–Crippen MR) is 109 cm³/mol. The summed E-state index contributed by atoms with van der Waals surface area (Å²) in [7, 11) is 0. The molecule has 1 aromatic heterocycles. The lowest BCUT2D eigenvalue weighted by molar-refractivity contribution is -0.384. The molecule has 1 amide bonds. The largest absolute Gasteiger partial charge is 0.456 e. The minimum atomic E-state index is -0.647. The topological polar surface area (TPSA) is 114 Å². The van der Waals surface area contributed by atoms with Crippen molar-refractivity contribution in [2.75, 3.05) is 11.9 Å². The number of nitro groups is 1. The SMILES string of the molecule is O=C(COC(=O)CCCc1c[nH]c2ccccc12)Nc1ccc(Cl)c([N+](=O)[O-])c1. The Bertz CT molecular complexity index is 1060. The molecule has 0 saturated carbocycles. The smallest absolute Gasteiger partial charge is 0.306 e. The van der Waals surface area contributed by atoms with E-state index in [1.807, 2.05) is 30.5 Å². The third-order valence-corrected chi connectivity index (χ3v) is 4.61. The van der Waals surface area contributed by atoms with Crippen LogP contribution in [-0.4, -0.2) is 28.4 Å². The summed E-state index contributed by atoms with van der Waals surface area (Å²) in [5.74, 6) is -1.08. The van der Waals surface area contributed by atoms with Gasteiger partial charge in [0.05, 0.1) is 4.92 Å². The van der Waals surface area contributed by atoms with Crippen LogP contribution in [0, 0.1) is 10.1 Å². The number of aryl methyl sites for hydroxylation is 1. The molecule has 0 aliphatic rings. The molecule has 0 aliphatic carbocycles. The third kappa shape index (κ3) is 5.32. The van der Waals surface area contributed by atoms with Crippen molar-refractivity contribution in [3.8, 4) is 0 Å². The summed E-state index contributed by atoms with van der Waals surface area (Å²) >= 11 is 5.72. The molecule has 29 heavy (non-hydrogen) atoms. The van der Waals surface area contributed by atoms with Gasteiger partial charge in [0.25, 0.3) is 11.6 Å². The second-order valence-corrected chi connectivity index (χ2v) is 6.75. The number of anilines is 1. The predicted octanol–water partition coefficient (Wildman–Crippen LogP) is 4.23. The number of aromatic amines is 1. The zero-order valence-corrected chi connectivity index (χ0v) is 16.1. The van der Waals surface area contributed by atoms with Crippen LogP contribution in [0.1, 0.15) is 18.4 Å². The number of benzene rings is 2. The standard InChI is InChI=1S/C20H18ClN3O5/c21-16-9-8-14(10-18(16)24(27)28)23-19(25)12-29-20(26)7-3-4-13-11-22-17-6-2-1-5-15(13)17/h1-2,5-6,8-11,22H,3-4,7,12H2,(H,23,25). The summed E-state index contributed by atoms with van der Waals surface area (Å²) in [5.41, 5.74) is 2.04. The zero-order valence-electron chi connectivity index (χ0n) is 15.3. The summed E-state index contributed by atoms with van der Waals surface area (Å²) in [6, 6.07) is 11.8. The van der Waals surface area contributed by atoms with Crippen molar-refractivity contribution in [3.05, 3.63) is 69.4 Å². The van der Waals surface area contributed by atoms with E-state index in [2.05, 4.69) is 10.3 Å². The average molecular weight is 416 g/mol. The Morgan fingerprint density at radius 1 is 1.21 bits per heavy atom. The van der Waals surface area contributed by atoms with Gasteiger partial charge in [0.2, 0.25) is 0 Å². The number of amides is 1. The molecule has 8 nitrogen and oxygen atoms in total. The number of ether oxygens (including phenoxy) is 1. The molecular formula is C20H18ClN3O5. The fraction of sp³-hybridized carbons (Fsp3) is 0.200. The molecule has 0 aliphatic heterocycles. The second-order valence-electron chi connectivity index (χ2n) is 6.35. The van der Waals surface area contributed by atoms with E-state index in [9.17, 15) is 19.7 Å².